The maximum absolute atomic E-state index is 13.0. The Morgan fingerprint density at radius 2 is 1.77 bits per heavy atom. The summed E-state index contributed by atoms with van der Waals surface area (Å²) in [6.07, 6.45) is 3.64. The standard InChI is InChI=1S/C23H28N4O3S/c1-17(24-22-19-11-5-7-13-21(19)31(29,30)25-22)23(28)26(2)16-18-10-4-6-12-20(18)27-14-8-3-9-15-27/h4-7,10-13,17H,3,8-9,14-16H2,1-2H3,(H,24,25)/t17-/m1/s1. The second-order valence-corrected chi connectivity index (χ2v) is 9.78. The van der Waals surface area contributed by atoms with Crippen LogP contribution < -0.4 is 9.62 Å². The number of piperidine rings is 1. The van der Waals surface area contributed by atoms with Gasteiger partial charge in [-0.25, -0.2) is 8.42 Å². The quantitative estimate of drug-likeness (QED) is 0.775. The molecule has 1 saturated heterocycles. The number of likely N-dealkylation sites (N-methyl/N-ethyl adjacent to an activating group) is 1. The Morgan fingerprint density at radius 3 is 2.55 bits per heavy atom. The molecule has 0 unspecified atom stereocenters. The van der Waals surface area contributed by atoms with E-state index in [1.807, 2.05) is 12.1 Å². The number of fused-ring (bicyclic) bond motifs is 1. The molecule has 1 atom stereocenters. The van der Waals surface area contributed by atoms with Gasteiger partial charge in [-0.1, -0.05) is 30.3 Å². The summed E-state index contributed by atoms with van der Waals surface area (Å²) in [6, 6.07) is 14.2. The zero-order chi connectivity index (χ0) is 22.0. The summed E-state index contributed by atoms with van der Waals surface area (Å²) < 4.78 is 27.0. The van der Waals surface area contributed by atoms with Crippen molar-refractivity contribution in [2.45, 2.75) is 43.7 Å². The highest BCUT2D eigenvalue weighted by Gasteiger charge is 2.31. The number of para-hydroxylation sites is 1. The van der Waals surface area contributed by atoms with Crippen LogP contribution in [0.4, 0.5) is 5.69 Å². The first-order valence-corrected chi connectivity index (χ1v) is 12.1. The Morgan fingerprint density at radius 1 is 1.10 bits per heavy atom. The van der Waals surface area contributed by atoms with Gasteiger partial charge in [0.05, 0.1) is 4.90 Å². The first kappa shape index (κ1) is 21.4. The average Bonchev–Trinajstić information content (AvgIpc) is 3.04. The molecule has 2 aromatic carbocycles. The number of hydrogen-bond donors (Lipinski definition) is 1. The van der Waals surface area contributed by atoms with Crippen LogP contribution in [0.3, 0.4) is 0 Å². The van der Waals surface area contributed by atoms with E-state index in [0.29, 0.717) is 12.1 Å². The summed E-state index contributed by atoms with van der Waals surface area (Å²) in [7, 11) is -1.86. The van der Waals surface area contributed by atoms with Crippen LogP contribution in [0.25, 0.3) is 0 Å². The lowest BCUT2D eigenvalue weighted by Gasteiger charge is -2.31. The number of carbonyl (C=O) groups is 1. The number of anilines is 1. The zero-order valence-corrected chi connectivity index (χ0v) is 18.7. The summed E-state index contributed by atoms with van der Waals surface area (Å²) in [5, 5.41) is 0. The number of aliphatic imine (C=N–C) groups is 1. The molecule has 0 bridgehead atoms. The molecule has 0 aromatic heterocycles. The minimum atomic E-state index is -3.62. The van der Waals surface area contributed by atoms with E-state index < -0.39 is 16.1 Å². The van der Waals surface area contributed by atoms with Crippen molar-refractivity contribution in [3.05, 3.63) is 59.7 Å². The second kappa shape index (κ2) is 8.70. The molecule has 31 heavy (non-hydrogen) atoms. The van der Waals surface area contributed by atoms with Crippen molar-refractivity contribution in [1.29, 1.82) is 0 Å². The number of nitrogens with one attached hydrogen (secondary N) is 1. The lowest BCUT2D eigenvalue weighted by atomic mass is 10.1. The van der Waals surface area contributed by atoms with Crippen LogP contribution in [0.2, 0.25) is 0 Å². The summed E-state index contributed by atoms with van der Waals surface area (Å²) in [4.78, 5) is 21.7. The topological polar surface area (TPSA) is 82.1 Å². The minimum absolute atomic E-state index is 0.162. The molecule has 2 aromatic rings. The molecule has 0 spiro atoms. The fourth-order valence-electron chi connectivity index (χ4n) is 4.22. The van der Waals surface area contributed by atoms with Crippen LogP contribution in [-0.2, 0) is 21.4 Å². The fraction of sp³-hybridized carbons (Fsp3) is 0.391. The monoisotopic (exact) mass is 440 g/mol. The minimum Gasteiger partial charge on any atom is -0.371 e. The fourth-order valence-corrected chi connectivity index (χ4v) is 5.46. The number of benzene rings is 2. The molecule has 2 heterocycles. The molecule has 2 aliphatic rings. The molecular formula is C23H28N4O3S. The highest BCUT2D eigenvalue weighted by atomic mass is 32.2. The van der Waals surface area contributed by atoms with Crippen molar-refractivity contribution >= 4 is 27.5 Å². The lowest BCUT2D eigenvalue weighted by Crippen LogP contribution is -2.36. The first-order valence-electron chi connectivity index (χ1n) is 10.6. The van der Waals surface area contributed by atoms with Crippen LogP contribution in [0, 0.1) is 0 Å². The van der Waals surface area contributed by atoms with Crippen molar-refractivity contribution < 1.29 is 13.2 Å². The first-order chi connectivity index (χ1) is 14.9. The normalized spacial score (nSPS) is 19.5. The maximum Gasteiger partial charge on any atom is 0.263 e. The maximum atomic E-state index is 13.0. The second-order valence-electron chi connectivity index (χ2n) is 8.13. The Balaban J connectivity index is 1.50. The van der Waals surface area contributed by atoms with Crippen molar-refractivity contribution in [3.63, 3.8) is 0 Å². The molecule has 0 saturated carbocycles. The Labute approximate surface area is 183 Å². The zero-order valence-electron chi connectivity index (χ0n) is 17.9. The summed E-state index contributed by atoms with van der Waals surface area (Å²) in [5.74, 6) is 0.0584. The third-order valence-electron chi connectivity index (χ3n) is 5.81. The number of carbonyl (C=O) groups excluding carboxylic acids is 1. The largest absolute Gasteiger partial charge is 0.371 e. The van der Waals surface area contributed by atoms with Gasteiger partial charge in [-0.2, -0.15) is 0 Å². The van der Waals surface area contributed by atoms with E-state index in [-0.39, 0.29) is 16.6 Å². The van der Waals surface area contributed by atoms with Gasteiger partial charge in [0, 0.05) is 37.9 Å². The predicted octanol–water partition coefficient (Wildman–Crippen LogP) is 2.76. The highest BCUT2D eigenvalue weighted by Crippen LogP contribution is 2.26. The van der Waals surface area contributed by atoms with E-state index in [1.165, 1.54) is 31.0 Å². The van der Waals surface area contributed by atoms with Gasteiger partial charge in [0.25, 0.3) is 10.0 Å². The number of amides is 1. The molecule has 7 nitrogen and oxygen atoms in total. The van der Waals surface area contributed by atoms with Gasteiger partial charge >= 0.3 is 0 Å². The van der Waals surface area contributed by atoms with Crippen molar-refractivity contribution in [1.82, 2.24) is 9.62 Å². The number of hydrogen-bond acceptors (Lipinski definition) is 5. The molecular weight excluding hydrogens is 412 g/mol. The van der Waals surface area contributed by atoms with Crippen molar-refractivity contribution in [2.24, 2.45) is 4.99 Å². The predicted molar refractivity (Wildman–Crippen MR) is 122 cm³/mol. The summed E-state index contributed by atoms with van der Waals surface area (Å²) >= 11 is 0. The number of rotatable bonds is 5. The van der Waals surface area contributed by atoms with Crippen molar-refractivity contribution in [3.8, 4) is 0 Å². The molecule has 2 aliphatic heterocycles. The number of amidine groups is 1. The Hall–Kier alpha value is -2.87. The number of nitrogens with zero attached hydrogens (tertiary/aromatic N) is 3. The van der Waals surface area contributed by atoms with Gasteiger partial charge in [0.1, 0.15) is 11.9 Å². The number of sulfonamides is 1. The molecule has 4 rings (SSSR count). The average molecular weight is 441 g/mol. The van der Waals surface area contributed by atoms with E-state index in [1.54, 1.807) is 37.1 Å². The third kappa shape index (κ3) is 4.44. The van der Waals surface area contributed by atoms with Crippen molar-refractivity contribution in [2.75, 3.05) is 25.0 Å². The Bertz CT molecular complexity index is 1110. The van der Waals surface area contributed by atoms with Crippen LogP contribution in [0.5, 0.6) is 0 Å². The van der Waals surface area contributed by atoms with E-state index in [4.69, 9.17) is 0 Å². The van der Waals surface area contributed by atoms with E-state index in [2.05, 4.69) is 26.7 Å². The van der Waals surface area contributed by atoms with Gasteiger partial charge < -0.3 is 9.80 Å². The SMILES string of the molecule is C[C@@H](N=C1NS(=O)(=O)c2ccccc21)C(=O)N(C)Cc1ccccc1N1CCCCC1. The van der Waals surface area contributed by atoms with Crippen LogP contribution >= 0.6 is 0 Å². The summed E-state index contributed by atoms with van der Waals surface area (Å²) in [6.45, 7) is 4.25. The summed E-state index contributed by atoms with van der Waals surface area (Å²) in [5.41, 5.74) is 2.78. The van der Waals surface area contributed by atoms with E-state index in [0.717, 1.165) is 18.7 Å². The third-order valence-corrected chi connectivity index (χ3v) is 7.21. The van der Waals surface area contributed by atoms with Gasteiger partial charge in [0.2, 0.25) is 5.91 Å². The molecule has 1 amide bonds. The van der Waals surface area contributed by atoms with Crippen LogP contribution in [0.1, 0.15) is 37.3 Å². The van der Waals surface area contributed by atoms with Gasteiger partial charge in [-0.3, -0.25) is 14.5 Å². The highest BCUT2D eigenvalue weighted by molar-refractivity contribution is 7.90. The Kier molecular flexibility index (Phi) is 6.00. The lowest BCUT2D eigenvalue weighted by molar-refractivity contribution is -0.131. The van der Waals surface area contributed by atoms with Crippen LogP contribution in [0.15, 0.2) is 58.4 Å². The molecule has 1 N–H and O–H groups in total. The van der Waals surface area contributed by atoms with Gasteiger partial charge in [-0.05, 0) is 49.9 Å². The van der Waals surface area contributed by atoms with E-state index in [9.17, 15) is 13.2 Å². The molecule has 164 valence electrons. The van der Waals surface area contributed by atoms with Gasteiger partial charge in [-0.15, -0.1) is 0 Å². The smallest absolute Gasteiger partial charge is 0.263 e. The molecule has 1 fully saturated rings. The van der Waals surface area contributed by atoms with E-state index >= 15 is 0 Å². The van der Waals surface area contributed by atoms with Crippen LogP contribution in [-0.4, -0.2) is 51.2 Å². The van der Waals surface area contributed by atoms with Gasteiger partial charge in [0.15, 0.2) is 0 Å². The molecule has 8 heteroatoms. The molecule has 0 aliphatic carbocycles. The molecule has 0 radical (unpaired) electrons.